The Kier molecular flexibility index (Phi) is 4.72. The molecule has 0 saturated carbocycles. The van der Waals surface area contributed by atoms with Crippen LogP contribution in [0.25, 0.3) is 0 Å². The first-order valence-electron chi connectivity index (χ1n) is 8.69. The third kappa shape index (κ3) is 3.22. The average Bonchev–Trinajstić information content (AvgIpc) is 2.96. The lowest BCUT2D eigenvalue weighted by molar-refractivity contribution is -0.137. The average molecular weight is 322 g/mol. The molecule has 1 aliphatic heterocycles. The zero-order chi connectivity index (χ0) is 17.2. The van der Waals surface area contributed by atoms with Crippen LogP contribution in [0.3, 0.4) is 0 Å². The number of nitrogens with zero attached hydrogens (tertiary/aromatic N) is 1. The summed E-state index contributed by atoms with van der Waals surface area (Å²) in [5, 5.41) is 0. The van der Waals surface area contributed by atoms with Gasteiger partial charge < -0.3 is 10.6 Å². The van der Waals surface area contributed by atoms with Gasteiger partial charge in [0.05, 0.1) is 0 Å². The van der Waals surface area contributed by atoms with Crippen molar-refractivity contribution in [3.63, 3.8) is 0 Å². The van der Waals surface area contributed by atoms with Crippen molar-refractivity contribution >= 4 is 5.91 Å². The van der Waals surface area contributed by atoms with E-state index in [0.717, 1.165) is 24.9 Å². The molecule has 1 aliphatic rings. The van der Waals surface area contributed by atoms with Crippen LogP contribution in [0.15, 0.2) is 60.7 Å². The molecule has 0 spiro atoms. The number of likely N-dealkylation sites (tertiary alicyclic amines) is 1. The van der Waals surface area contributed by atoms with Crippen molar-refractivity contribution < 1.29 is 4.79 Å². The quantitative estimate of drug-likeness (QED) is 0.938. The van der Waals surface area contributed by atoms with E-state index in [2.05, 4.69) is 31.2 Å². The van der Waals surface area contributed by atoms with Gasteiger partial charge in [0.25, 0.3) is 0 Å². The molecule has 1 heterocycles. The van der Waals surface area contributed by atoms with E-state index in [1.807, 2.05) is 48.2 Å². The highest BCUT2D eigenvalue weighted by Gasteiger charge is 2.41. The molecule has 126 valence electrons. The van der Waals surface area contributed by atoms with Crippen molar-refractivity contribution in [3.05, 3.63) is 71.8 Å². The molecule has 0 aromatic heterocycles. The molecule has 1 fully saturated rings. The Bertz CT molecular complexity index is 681. The summed E-state index contributed by atoms with van der Waals surface area (Å²) >= 11 is 0. The van der Waals surface area contributed by atoms with Crippen molar-refractivity contribution in [1.29, 1.82) is 0 Å². The zero-order valence-electron chi connectivity index (χ0n) is 14.5. The molecule has 0 radical (unpaired) electrons. The smallest absolute Gasteiger partial charge is 0.247 e. The normalized spacial score (nSPS) is 23.0. The third-order valence-electron chi connectivity index (χ3n) is 5.33. The van der Waals surface area contributed by atoms with Gasteiger partial charge in [0, 0.05) is 12.6 Å². The standard InChI is InChI=1S/C21H26N2O/c1-16-18(15-17-9-5-3-6-10-17)13-14-23(16)20(24)21(2,22)19-11-7-4-8-12-19/h3-12,16,18H,13-15,22H2,1-2H3. The molecule has 3 heteroatoms. The van der Waals surface area contributed by atoms with E-state index in [0.29, 0.717) is 5.92 Å². The SMILES string of the molecule is CC1C(Cc2ccccc2)CCN1C(=O)C(C)(N)c1ccccc1. The summed E-state index contributed by atoms with van der Waals surface area (Å²) in [4.78, 5) is 15.0. The number of carbonyl (C=O) groups excluding carboxylic acids is 1. The minimum atomic E-state index is -0.975. The highest BCUT2D eigenvalue weighted by atomic mass is 16.2. The first kappa shape index (κ1) is 16.7. The van der Waals surface area contributed by atoms with E-state index in [1.165, 1.54) is 5.56 Å². The van der Waals surface area contributed by atoms with Crippen molar-refractivity contribution in [2.45, 2.75) is 38.3 Å². The third-order valence-corrected chi connectivity index (χ3v) is 5.33. The second-order valence-corrected chi connectivity index (χ2v) is 7.05. The van der Waals surface area contributed by atoms with Crippen LogP contribution in [0.2, 0.25) is 0 Å². The number of hydrogen-bond donors (Lipinski definition) is 1. The Morgan fingerprint density at radius 3 is 2.33 bits per heavy atom. The van der Waals surface area contributed by atoms with Gasteiger partial charge in [0.1, 0.15) is 5.54 Å². The maximum atomic E-state index is 13.1. The number of amides is 1. The summed E-state index contributed by atoms with van der Waals surface area (Å²) in [6.07, 6.45) is 2.05. The monoisotopic (exact) mass is 322 g/mol. The van der Waals surface area contributed by atoms with Gasteiger partial charge in [0.2, 0.25) is 5.91 Å². The van der Waals surface area contributed by atoms with Gasteiger partial charge in [-0.15, -0.1) is 0 Å². The molecule has 1 saturated heterocycles. The van der Waals surface area contributed by atoms with Gasteiger partial charge in [-0.05, 0) is 43.7 Å². The van der Waals surface area contributed by atoms with Gasteiger partial charge in [-0.3, -0.25) is 4.79 Å². The van der Waals surface area contributed by atoms with E-state index in [9.17, 15) is 4.79 Å². The molecule has 24 heavy (non-hydrogen) atoms. The summed E-state index contributed by atoms with van der Waals surface area (Å²) in [6.45, 7) is 4.76. The van der Waals surface area contributed by atoms with Crippen molar-refractivity contribution in [2.75, 3.05) is 6.54 Å². The molecule has 1 amide bonds. The van der Waals surface area contributed by atoms with Crippen LogP contribution >= 0.6 is 0 Å². The maximum Gasteiger partial charge on any atom is 0.247 e. The Morgan fingerprint density at radius 2 is 1.71 bits per heavy atom. The van der Waals surface area contributed by atoms with Crippen LogP contribution in [-0.4, -0.2) is 23.4 Å². The first-order chi connectivity index (χ1) is 11.5. The Morgan fingerprint density at radius 1 is 1.12 bits per heavy atom. The lowest BCUT2D eigenvalue weighted by atomic mass is 9.90. The highest BCUT2D eigenvalue weighted by Crippen LogP contribution is 2.31. The fourth-order valence-corrected chi connectivity index (χ4v) is 3.69. The van der Waals surface area contributed by atoms with Gasteiger partial charge >= 0.3 is 0 Å². The number of carbonyl (C=O) groups is 1. The Hall–Kier alpha value is -2.13. The lowest BCUT2D eigenvalue weighted by Crippen LogP contribution is -2.52. The molecule has 2 N–H and O–H groups in total. The van der Waals surface area contributed by atoms with Gasteiger partial charge in [-0.1, -0.05) is 60.7 Å². The molecule has 3 rings (SSSR count). The molecule has 3 unspecified atom stereocenters. The van der Waals surface area contributed by atoms with Crippen molar-refractivity contribution in [3.8, 4) is 0 Å². The highest BCUT2D eigenvalue weighted by molar-refractivity contribution is 5.87. The number of rotatable bonds is 4. The van der Waals surface area contributed by atoms with Crippen LogP contribution in [0.4, 0.5) is 0 Å². The number of nitrogens with two attached hydrogens (primary N) is 1. The first-order valence-corrected chi connectivity index (χ1v) is 8.69. The minimum Gasteiger partial charge on any atom is -0.338 e. The Balaban J connectivity index is 1.72. The largest absolute Gasteiger partial charge is 0.338 e. The van der Waals surface area contributed by atoms with Crippen LogP contribution in [0.1, 0.15) is 31.4 Å². The summed E-state index contributed by atoms with van der Waals surface area (Å²) < 4.78 is 0. The van der Waals surface area contributed by atoms with E-state index < -0.39 is 5.54 Å². The fraction of sp³-hybridized carbons (Fsp3) is 0.381. The van der Waals surface area contributed by atoms with Crippen LogP contribution in [-0.2, 0) is 16.8 Å². The molecule has 0 bridgehead atoms. The van der Waals surface area contributed by atoms with Gasteiger partial charge in [-0.2, -0.15) is 0 Å². The summed E-state index contributed by atoms with van der Waals surface area (Å²) in [6, 6.07) is 20.4. The minimum absolute atomic E-state index is 0.0248. The van der Waals surface area contributed by atoms with Gasteiger partial charge in [-0.25, -0.2) is 0 Å². The molecular formula is C21H26N2O. The van der Waals surface area contributed by atoms with Crippen LogP contribution < -0.4 is 5.73 Å². The van der Waals surface area contributed by atoms with Crippen LogP contribution in [0, 0.1) is 5.92 Å². The van der Waals surface area contributed by atoms with E-state index in [1.54, 1.807) is 0 Å². The molecule has 2 aromatic rings. The van der Waals surface area contributed by atoms with E-state index >= 15 is 0 Å². The van der Waals surface area contributed by atoms with Gasteiger partial charge in [0.15, 0.2) is 0 Å². The topological polar surface area (TPSA) is 46.3 Å². The van der Waals surface area contributed by atoms with Crippen molar-refractivity contribution in [2.24, 2.45) is 11.7 Å². The molecule has 3 atom stereocenters. The Labute approximate surface area is 144 Å². The van der Waals surface area contributed by atoms with E-state index in [4.69, 9.17) is 5.73 Å². The summed E-state index contributed by atoms with van der Waals surface area (Å²) in [5.74, 6) is 0.514. The molecular weight excluding hydrogens is 296 g/mol. The maximum absolute atomic E-state index is 13.1. The zero-order valence-corrected chi connectivity index (χ0v) is 14.5. The summed E-state index contributed by atoms with van der Waals surface area (Å²) in [7, 11) is 0. The molecule has 3 nitrogen and oxygen atoms in total. The predicted octanol–water partition coefficient (Wildman–Crippen LogP) is 3.34. The number of benzene rings is 2. The summed E-state index contributed by atoms with van der Waals surface area (Å²) in [5.41, 5.74) is 7.66. The second kappa shape index (κ2) is 6.78. The predicted molar refractivity (Wildman–Crippen MR) is 97.4 cm³/mol. The van der Waals surface area contributed by atoms with E-state index in [-0.39, 0.29) is 11.9 Å². The lowest BCUT2D eigenvalue weighted by Gasteiger charge is -2.33. The second-order valence-electron chi connectivity index (χ2n) is 7.05. The fourth-order valence-electron chi connectivity index (χ4n) is 3.69. The van der Waals surface area contributed by atoms with Crippen LogP contribution in [0.5, 0.6) is 0 Å². The van der Waals surface area contributed by atoms with Crippen molar-refractivity contribution in [1.82, 2.24) is 4.90 Å². The number of hydrogen-bond acceptors (Lipinski definition) is 2. The molecule has 0 aliphatic carbocycles. The molecule has 2 aromatic carbocycles.